The van der Waals surface area contributed by atoms with Crippen LogP contribution < -0.4 is 4.74 Å². The summed E-state index contributed by atoms with van der Waals surface area (Å²) >= 11 is 0. The zero-order valence-electron chi connectivity index (χ0n) is 19.5. The third-order valence-corrected chi connectivity index (χ3v) is 7.28. The molecule has 4 nitrogen and oxygen atoms in total. The summed E-state index contributed by atoms with van der Waals surface area (Å²) in [5.74, 6) is -2.55. The Morgan fingerprint density at radius 1 is 1.03 bits per heavy atom. The summed E-state index contributed by atoms with van der Waals surface area (Å²) in [5, 5.41) is 0. The smallest absolute Gasteiger partial charge is 0.395 e. The van der Waals surface area contributed by atoms with Crippen molar-refractivity contribution in [2.24, 2.45) is 11.3 Å². The maximum absolute atomic E-state index is 14.5. The first kappa shape index (κ1) is 25.4. The van der Waals surface area contributed by atoms with Crippen molar-refractivity contribution in [1.82, 2.24) is 4.90 Å². The first-order chi connectivity index (χ1) is 16.6. The number of likely N-dealkylation sites (tertiary alicyclic amines) is 1. The summed E-state index contributed by atoms with van der Waals surface area (Å²) in [4.78, 5) is 13.5. The molecule has 1 aliphatic carbocycles. The van der Waals surface area contributed by atoms with Crippen LogP contribution in [0.15, 0.2) is 36.4 Å². The van der Waals surface area contributed by atoms with Gasteiger partial charge in [-0.05, 0) is 68.5 Å². The molecule has 1 saturated heterocycles. The second-order valence-corrected chi connectivity index (χ2v) is 9.47. The Hall–Kier alpha value is -2.68. The fourth-order valence-corrected chi connectivity index (χ4v) is 4.86. The first-order valence-electron chi connectivity index (χ1n) is 11.7. The number of esters is 1. The van der Waals surface area contributed by atoms with E-state index in [1.54, 1.807) is 24.3 Å². The fourth-order valence-electron chi connectivity index (χ4n) is 4.86. The van der Waals surface area contributed by atoms with Gasteiger partial charge in [0.25, 0.3) is 0 Å². The molecular formula is C26H28F5NO3. The lowest BCUT2D eigenvalue weighted by molar-refractivity contribution is -0.256. The van der Waals surface area contributed by atoms with Gasteiger partial charge in [-0.15, -0.1) is 0 Å². The van der Waals surface area contributed by atoms with Crippen LogP contribution in [0.3, 0.4) is 0 Å². The largest absolute Gasteiger partial charge is 0.493 e. The molecule has 9 heteroatoms. The number of ether oxygens (including phenoxy) is 2. The normalized spacial score (nSPS) is 18.7. The highest BCUT2D eigenvalue weighted by atomic mass is 19.4. The molecule has 0 atom stereocenters. The molecule has 0 unspecified atom stereocenters. The number of piperidine rings is 1. The van der Waals surface area contributed by atoms with Crippen molar-refractivity contribution < 1.29 is 36.2 Å². The summed E-state index contributed by atoms with van der Waals surface area (Å²) < 4.78 is 79.3. The van der Waals surface area contributed by atoms with Crippen molar-refractivity contribution in [3.05, 3.63) is 53.6 Å². The van der Waals surface area contributed by atoms with Gasteiger partial charge in [0.15, 0.2) is 11.6 Å². The number of halogens is 5. The van der Waals surface area contributed by atoms with Gasteiger partial charge in [-0.2, -0.15) is 13.2 Å². The third kappa shape index (κ3) is 5.29. The SMILES string of the molecule is COC(=O)c1ccc(-c2ccc(OCC3CCN(CC4(C(F)(F)F)CCC4)CC3)cc2)c(F)c1F. The maximum atomic E-state index is 14.5. The van der Waals surface area contributed by atoms with Crippen LogP contribution in [-0.2, 0) is 4.74 Å². The average molecular weight is 498 g/mol. The second kappa shape index (κ2) is 10.1. The van der Waals surface area contributed by atoms with Crippen molar-refractivity contribution in [2.75, 3.05) is 33.4 Å². The van der Waals surface area contributed by atoms with E-state index in [2.05, 4.69) is 4.74 Å². The van der Waals surface area contributed by atoms with E-state index in [-0.39, 0.29) is 30.9 Å². The highest BCUT2D eigenvalue weighted by Crippen LogP contribution is 2.53. The molecule has 2 fully saturated rings. The second-order valence-electron chi connectivity index (χ2n) is 9.47. The van der Waals surface area contributed by atoms with E-state index in [1.165, 1.54) is 12.1 Å². The third-order valence-electron chi connectivity index (χ3n) is 7.28. The number of methoxy groups -OCH3 is 1. The number of carbonyl (C=O) groups is 1. The zero-order chi connectivity index (χ0) is 25.2. The van der Waals surface area contributed by atoms with Crippen LogP contribution in [-0.4, -0.2) is 50.4 Å². The zero-order valence-corrected chi connectivity index (χ0v) is 19.5. The predicted octanol–water partition coefficient (Wildman–Crippen LogP) is 6.24. The van der Waals surface area contributed by atoms with Gasteiger partial charge < -0.3 is 14.4 Å². The Labute approximate surface area is 201 Å². The highest BCUT2D eigenvalue weighted by Gasteiger charge is 2.58. The van der Waals surface area contributed by atoms with Crippen LogP contribution in [0.1, 0.15) is 42.5 Å². The summed E-state index contributed by atoms with van der Waals surface area (Å²) in [5.41, 5.74) is -1.56. The summed E-state index contributed by atoms with van der Waals surface area (Å²) in [7, 11) is 1.09. The van der Waals surface area contributed by atoms with Crippen LogP contribution in [0.5, 0.6) is 5.75 Å². The van der Waals surface area contributed by atoms with Crippen LogP contribution in [0.2, 0.25) is 0 Å². The molecule has 0 spiro atoms. The van der Waals surface area contributed by atoms with Gasteiger partial charge in [-0.25, -0.2) is 13.6 Å². The Balaban J connectivity index is 1.29. The maximum Gasteiger partial charge on any atom is 0.395 e. The van der Waals surface area contributed by atoms with E-state index in [0.717, 1.165) is 20.0 Å². The molecular weight excluding hydrogens is 469 g/mol. The molecule has 2 aromatic carbocycles. The summed E-state index contributed by atoms with van der Waals surface area (Å²) in [6.07, 6.45) is -1.52. The lowest BCUT2D eigenvalue weighted by atomic mass is 9.67. The number of alkyl halides is 3. The molecule has 0 bridgehead atoms. The standard InChI is InChI=1S/C26H28F5NO3/c1-34-24(33)21-8-7-20(22(27)23(21)28)18-3-5-19(6-4-18)35-15-17-9-13-32(14-10-17)16-25(11-2-12-25)26(29,30)31/h3-8,17H,2,9-16H2,1H3. The molecule has 4 rings (SSSR count). The monoisotopic (exact) mass is 497 g/mol. The highest BCUT2D eigenvalue weighted by molar-refractivity contribution is 5.90. The summed E-state index contributed by atoms with van der Waals surface area (Å²) in [6.45, 7) is 1.77. The van der Waals surface area contributed by atoms with Gasteiger partial charge in [0.05, 0.1) is 24.7 Å². The first-order valence-corrected chi connectivity index (χ1v) is 11.7. The van der Waals surface area contributed by atoms with Gasteiger partial charge in [-0.1, -0.05) is 24.6 Å². The number of benzene rings is 2. The van der Waals surface area contributed by atoms with Crippen molar-refractivity contribution in [3.8, 4) is 16.9 Å². The predicted molar refractivity (Wildman–Crippen MR) is 120 cm³/mol. The molecule has 0 aromatic heterocycles. The van der Waals surface area contributed by atoms with Crippen LogP contribution >= 0.6 is 0 Å². The molecule has 1 aliphatic heterocycles. The van der Waals surface area contributed by atoms with Gasteiger partial charge in [0.2, 0.25) is 0 Å². The van der Waals surface area contributed by atoms with Crippen molar-refractivity contribution in [3.63, 3.8) is 0 Å². The van der Waals surface area contributed by atoms with Crippen molar-refractivity contribution in [1.29, 1.82) is 0 Å². The molecule has 0 N–H and O–H groups in total. The van der Waals surface area contributed by atoms with E-state index in [1.807, 2.05) is 4.90 Å². The molecule has 0 radical (unpaired) electrons. The molecule has 1 saturated carbocycles. The number of rotatable bonds is 7. The van der Waals surface area contributed by atoms with E-state index >= 15 is 0 Å². The molecule has 0 amide bonds. The number of nitrogens with zero attached hydrogens (tertiary/aromatic N) is 1. The van der Waals surface area contributed by atoms with Crippen molar-refractivity contribution in [2.45, 2.75) is 38.3 Å². The fraction of sp³-hybridized carbons (Fsp3) is 0.500. The lowest BCUT2D eigenvalue weighted by Gasteiger charge is -2.47. The van der Waals surface area contributed by atoms with E-state index in [0.29, 0.717) is 37.4 Å². The molecule has 35 heavy (non-hydrogen) atoms. The molecule has 190 valence electrons. The van der Waals surface area contributed by atoms with Crippen molar-refractivity contribution >= 4 is 5.97 Å². The number of hydrogen-bond acceptors (Lipinski definition) is 4. The Kier molecular flexibility index (Phi) is 7.35. The number of hydrogen-bond donors (Lipinski definition) is 0. The Morgan fingerprint density at radius 2 is 1.69 bits per heavy atom. The minimum absolute atomic E-state index is 0.0113. The molecule has 2 aromatic rings. The number of carbonyl (C=O) groups excluding carboxylic acids is 1. The quantitative estimate of drug-likeness (QED) is 0.335. The summed E-state index contributed by atoms with van der Waals surface area (Å²) in [6, 6.07) is 9.00. The lowest BCUT2D eigenvalue weighted by Crippen LogP contribution is -2.53. The van der Waals surface area contributed by atoms with Crippen LogP contribution in [0, 0.1) is 23.0 Å². The van der Waals surface area contributed by atoms with Gasteiger partial charge in [0.1, 0.15) is 5.75 Å². The van der Waals surface area contributed by atoms with Gasteiger partial charge >= 0.3 is 12.1 Å². The van der Waals surface area contributed by atoms with E-state index in [4.69, 9.17) is 4.74 Å². The van der Waals surface area contributed by atoms with Gasteiger partial charge in [0, 0.05) is 12.1 Å². The van der Waals surface area contributed by atoms with E-state index < -0.39 is 34.8 Å². The average Bonchev–Trinajstić information content (AvgIpc) is 2.81. The van der Waals surface area contributed by atoms with Crippen LogP contribution in [0.25, 0.3) is 11.1 Å². The Morgan fingerprint density at radius 3 is 2.23 bits per heavy atom. The molecule has 1 heterocycles. The molecule has 2 aliphatic rings. The topological polar surface area (TPSA) is 38.8 Å². The van der Waals surface area contributed by atoms with Gasteiger partial charge in [-0.3, -0.25) is 0 Å². The minimum Gasteiger partial charge on any atom is -0.493 e. The van der Waals surface area contributed by atoms with E-state index in [9.17, 15) is 26.7 Å². The van der Waals surface area contributed by atoms with Crippen LogP contribution in [0.4, 0.5) is 22.0 Å². The Bertz CT molecular complexity index is 1040. The minimum atomic E-state index is -4.14.